The van der Waals surface area contributed by atoms with E-state index in [0.717, 1.165) is 0 Å². The molecule has 0 aliphatic carbocycles. The zero-order chi connectivity index (χ0) is 31.7. The number of aliphatic carboxylic acids is 4. The summed E-state index contributed by atoms with van der Waals surface area (Å²) in [6, 6.07) is -5.74. The van der Waals surface area contributed by atoms with E-state index in [1.165, 1.54) is 0 Å². The Kier molecular flexibility index (Phi) is 17.5. The molecular formula is C20H32N6O13S2. The molecule has 21 heteroatoms. The first-order valence-corrected chi connectivity index (χ1v) is 14.4. The van der Waals surface area contributed by atoms with Gasteiger partial charge in [0.2, 0.25) is 23.6 Å². The number of carbonyl (C=O) groups is 8. The zero-order valence-corrected chi connectivity index (χ0v) is 23.0. The van der Waals surface area contributed by atoms with Crippen LogP contribution < -0.4 is 32.7 Å². The van der Waals surface area contributed by atoms with Crippen molar-refractivity contribution in [1.29, 1.82) is 0 Å². The molecule has 19 nitrogen and oxygen atoms in total. The Balaban J connectivity index is 5.40. The molecule has 41 heavy (non-hydrogen) atoms. The highest BCUT2D eigenvalue weighted by Crippen LogP contribution is 2.12. The molecule has 232 valence electrons. The highest BCUT2D eigenvalue weighted by atomic mass is 33.1. The van der Waals surface area contributed by atoms with Crippen molar-refractivity contribution in [2.24, 2.45) is 11.5 Å². The van der Waals surface area contributed by atoms with E-state index in [1.54, 1.807) is 0 Å². The molecule has 5 atom stereocenters. The van der Waals surface area contributed by atoms with Crippen molar-refractivity contribution < 1.29 is 63.0 Å². The largest absolute Gasteiger partial charge is 0.480 e. The standard InChI is InChI=1S/C20H32N6O13S2/c21-9(19(35)36)1-3-13(27)25-11(17(33)23-5-15(29)30)7-40-41(39)8-12(18(34)24-6-16(31)32)26-14(28)4-2-10(22)20(37)38/h9-12H,1-8,21-22H2,(H,23,33)(H,24,34)(H,25,27)(H,26,28)(H,29,30)(H,31,32)(H,35,36)(H,37,38)/t9-,10-,11-,12-,41?/m0/s1. The van der Waals surface area contributed by atoms with Crippen molar-refractivity contribution in [2.75, 3.05) is 24.6 Å². The lowest BCUT2D eigenvalue weighted by Gasteiger charge is -2.20. The molecule has 0 rings (SSSR count). The number of carboxylic acids is 4. The molecule has 0 aliphatic rings. The van der Waals surface area contributed by atoms with E-state index in [0.29, 0.717) is 10.8 Å². The Hall–Kier alpha value is -3.82. The molecule has 0 spiro atoms. The second-order valence-electron chi connectivity index (χ2n) is 8.19. The summed E-state index contributed by atoms with van der Waals surface area (Å²) in [6.07, 6.45) is -1.42. The summed E-state index contributed by atoms with van der Waals surface area (Å²) in [5.41, 5.74) is 10.7. The summed E-state index contributed by atoms with van der Waals surface area (Å²) in [4.78, 5) is 92.4. The van der Waals surface area contributed by atoms with Gasteiger partial charge in [0.25, 0.3) is 0 Å². The molecule has 0 fully saturated rings. The molecule has 0 saturated carbocycles. The Morgan fingerprint density at radius 3 is 1.46 bits per heavy atom. The van der Waals surface area contributed by atoms with E-state index in [4.69, 9.17) is 31.9 Å². The van der Waals surface area contributed by atoms with Crippen LogP contribution in [0.15, 0.2) is 0 Å². The first kappa shape index (κ1) is 37.2. The van der Waals surface area contributed by atoms with E-state index in [2.05, 4.69) is 10.6 Å². The van der Waals surface area contributed by atoms with Crippen molar-refractivity contribution in [1.82, 2.24) is 21.3 Å². The SMILES string of the molecule is N[C@@H](CCC(=O)N[C@@H](CSS(=O)C[C@H](NC(=O)CC[C@H](N)C(=O)O)C(=O)NCC(=O)O)C(=O)NCC(=O)O)C(=O)O. The topological polar surface area (TPSA) is 335 Å². The maximum atomic E-state index is 12.7. The third-order valence-electron chi connectivity index (χ3n) is 4.80. The van der Waals surface area contributed by atoms with Gasteiger partial charge in [-0.3, -0.25) is 38.4 Å². The lowest BCUT2D eigenvalue weighted by Crippen LogP contribution is -2.51. The van der Waals surface area contributed by atoms with Crippen molar-refractivity contribution in [3.05, 3.63) is 0 Å². The summed E-state index contributed by atoms with van der Waals surface area (Å²) in [6.45, 7) is -1.65. The molecule has 0 saturated heterocycles. The number of nitrogens with two attached hydrogens (primary N) is 2. The summed E-state index contributed by atoms with van der Waals surface area (Å²) >= 11 is 0. The van der Waals surface area contributed by atoms with E-state index in [9.17, 15) is 42.6 Å². The third kappa shape index (κ3) is 17.5. The van der Waals surface area contributed by atoms with Crippen LogP contribution in [0.1, 0.15) is 25.7 Å². The molecule has 12 N–H and O–H groups in total. The van der Waals surface area contributed by atoms with E-state index in [-0.39, 0.29) is 12.8 Å². The fraction of sp³-hybridized carbons (Fsp3) is 0.600. The third-order valence-corrected chi connectivity index (χ3v) is 7.74. The van der Waals surface area contributed by atoms with Gasteiger partial charge >= 0.3 is 23.9 Å². The molecule has 4 amide bonds. The van der Waals surface area contributed by atoms with Crippen molar-refractivity contribution in [3.63, 3.8) is 0 Å². The van der Waals surface area contributed by atoms with E-state index >= 15 is 0 Å². The second kappa shape index (κ2) is 19.3. The van der Waals surface area contributed by atoms with Crippen LogP contribution in [0, 0.1) is 0 Å². The second-order valence-corrected chi connectivity index (χ2v) is 11.5. The summed E-state index contributed by atoms with van der Waals surface area (Å²) in [7, 11) is -1.55. The summed E-state index contributed by atoms with van der Waals surface area (Å²) in [5, 5.41) is 43.6. The van der Waals surface area contributed by atoms with E-state index < -0.39 is 119 Å². The van der Waals surface area contributed by atoms with Gasteiger partial charge in [0.1, 0.15) is 37.3 Å². The summed E-state index contributed by atoms with van der Waals surface area (Å²) < 4.78 is 12.7. The number of hydrogen-bond donors (Lipinski definition) is 10. The normalized spacial score (nSPS) is 14.3. The molecule has 0 heterocycles. The monoisotopic (exact) mass is 628 g/mol. The highest BCUT2D eigenvalue weighted by Gasteiger charge is 2.27. The fourth-order valence-corrected chi connectivity index (χ4v) is 5.31. The van der Waals surface area contributed by atoms with Gasteiger partial charge in [0.05, 0.1) is 15.6 Å². The predicted octanol–water partition coefficient (Wildman–Crippen LogP) is -4.86. The maximum Gasteiger partial charge on any atom is 0.322 e. The number of carbonyl (C=O) groups excluding carboxylic acids is 4. The average molecular weight is 629 g/mol. The molecule has 0 aliphatic heterocycles. The van der Waals surface area contributed by atoms with Gasteiger partial charge in [-0.05, 0) is 12.8 Å². The smallest absolute Gasteiger partial charge is 0.322 e. The van der Waals surface area contributed by atoms with Gasteiger partial charge in [0, 0.05) is 18.6 Å². The Morgan fingerprint density at radius 2 is 1.07 bits per heavy atom. The minimum Gasteiger partial charge on any atom is -0.480 e. The van der Waals surface area contributed by atoms with Crippen LogP contribution in [0.3, 0.4) is 0 Å². The highest BCUT2D eigenvalue weighted by molar-refractivity contribution is 8.69. The molecular weight excluding hydrogens is 596 g/mol. The molecule has 0 bridgehead atoms. The Labute approximate surface area is 238 Å². The Morgan fingerprint density at radius 1 is 0.683 bits per heavy atom. The van der Waals surface area contributed by atoms with Gasteiger partial charge in [0.15, 0.2) is 0 Å². The number of amides is 4. The number of carboxylic acid groups (broad SMARTS) is 4. The Bertz CT molecular complexity index is 1030. The van der Waals surface area contributed by atoms with Crippen LogP contribution in [-0.4, -0.2) is 121 Å². The van der Waals surface area contributed by atoms with Crippen LogP contribution in [-0.2, 0) is 48.2 Å². The number of nitrogens with one attached hydrogen (secondary N) is 4. The van der Waals surface area contributed by atoms with Crippen molar-refractivity contribution >= 4 is 68.1 Å². The molecule has 1 unspecified atom stereocenters. The maximum absolute atomic E-state index is 12.7. The minimum absolute atomic E-state index is 0.284. The molecule has 0 radical (unpaired) electrons. The molecule has 0 aromatic heterocycles. The van der Waals surface area contributed by atoms with Crippen LogP contribution in [0.5, 0.6) is 0 Å². The minimum atomic E-state index is -2.07. The summed E-state index contributed by atoms with van der Waals surface area (Å²) in [5.74, 6) is -10.3. The number of hydrogen-bond acceptors (Lipinski definition) is 12. The first-order chi connectivity index (χ1) is 19.0. The van der Waals surface area contributed by atoms with Gasteiger partial charge in [-0.1, -0.05) is 10.8 Å². The lowest BCUT2D eigenvalue weighted by atomic mass is 10.1. The average Bonchev–Trinajstić information content (AvgIpc) is 2.88. The van der Waals surface area contributed by atoms with Crippen molar-refractivity contribution in [3.8, 4) is 0 Å². The van der Waals surface area contributed by atoms with Crippen LogP contribution in [0.2, 0.25) is 0 Å². The zero-order valence-electron chi connectivity index (χ0n) is 21.4. The fourth-order valence-electron chi connectivity index (χ4n) is 2.62. The number of rotatable bonds is 21. The van der Waals surface area contributed by atoms with Crippen LogP contribution >= 0.6 is 10.8 Å². The molecule has 0 aromatic rings. The first-order valence-electron chi connectivity index (χ1n) is 11.6. The van der Waals surface area contributed by atoms with Gasteiger partial charge in [-0.15, -0.1) is 0 Å². The van der Waals surface area contributed by atoms with Crippen LogP contribution in [0.4, 0.5) is 0 Å². The quantitative estimate of drug-likeness (QED) is 0.0532. The lowest BCUT2D eigenvalue weighted by molar-refractivity contribution is -0.140. The van der Waals surface area contributed by atoms with Gasteiger partial charge in [-0.2, -0.15) is 0 Å². The van der Waals surface area contributed by atoms with Gasteiger partial charge in [-0.25, -0.2) is 4.21 Å². The molecule has 0 aromatic carbocycles. The van der Waals surface area contributed by atoms with Crippen molar-refractivity contribution in [2.45, 2.75) is 49.9 Å². The predicted molar refractivity (Wildman–Crippen MR) is 140 cm³/mol. The van der Waals surface area contributed by atoms with Crippen LogP contribution in [0.25, 0.3) is 0 Å². The van der Waals surface area contributed by atoms with E-state index in [1.807, 2.05) is 10.6 Å². The van der Waals surface area contributed by atoms with Gasteiger partial charge < -0.3 is 53.2 Å².